The minimum atomic E-state index is -1.16. The molecule has 13 nitrogen and oxygen atoms in total. The van der Waals surface area contributed by atoms with Gasteiger partial charge in [0.1, 0.15) is 0 Å². The third-order valence-corrected chi connectivity index (χ3v) is 4.54. The van der Waals surface area contributed by atoms with Crippen molar-refractivity contribution in [2.24, 2.45) is 16.2 Å². The van der Waals surface area contributed by atoms with Crippen LogP contribution in [0.5, 0.6) is 0 Å². The van der Waals surface area contributed by atoms with Crippen molar-refractivity contribution in [2.45, 2.75) is 6.92 Å². The molecular weight excluding hydrogens is 436 g/mol. The summed E-state index contributed by atoms with van der Waals surface area (Å²) in [6.07, 6.45) is 0. The van der Waals surface area contributed by atoms with Crippen LogP contribution in [0.3, 0.4) is 0 Å². The maximum absolute atomic E-state index is 9.60. The third kappa shape index (κ3) is 13.3. The highest BCUT2D eigenvalue weighted by atomic mass is 16.5. The van der Waals surface area contributed by atoms with Gasteiger partial charge in [-0.25, -0.2) is 4.79 Å². The lowest BCUT2D eigenvalue weighted by Gasteiger charge is -2.31. The number of aliphatic hydroxyl groups is 10. The molecule has 0 saturated carbocycles. The van der Waals surface area contributed by atoms with E-state index in [0.29, 0.717) is 0 Å². The molecule has 13 heteroatoms. The molecule has 0 rings (SSSR count). The van der Waals surface area contributed by atoms with E-state index >= 15 is 0 Å². The number of carboxylic acids is 1. The lowest BCUT2D eigenvalue weighted by molar-refractivity contribution is -0.132. The van der Waals surface area contributed by atoms with Gasteiger partial charge in [0.05, 0.1) is 95.5 Å². The molecule has 0 fully saturated rings. The van der Waals surface area contributed by atoms with Crippen LogP contribution in [-0.4, -0.2) is 141 Å². The van der Waals surface area contributed by atoms with Crippen LogP contribution in [0.15, 0.2) is 12.2 Å². The van der Waals surface area contributed by atoms with Gasteiger partial charge in [-0.15, -0.1) is 0 Å². The summed E-state index contributed by atoms with van der Waals surface area (Å²) in [5, 5.41) is 96.1. The van der Waals surface area contributed by atoms with Crippen molar-refractivity contribution >= 4 is 5.97 Å². The largest absolute Gasteiger partial charge is 0.478 e. The van der Waals surface area contributed by atoms with Gasteiger partial charge < -0.3 is 60.9 Å². The Bertz CT molecular complexity index is 406. The second kappa shape index (κ2) is 19.3. The van der Waals surface area contributed by atoms with E-state index in [9.17, 15) is 4.79 Å². The first-order valence-electron chi connectivity index (χ1n) is 9.51. The molecular formula is C19H40O13. The monoisotopic (exact) mass is 476 g/mol. The van der Waals surface area contributed by atoms with E-state index in [1.807, 2.05) is 0 Å². The van der Waals surface area contributed by atoms with E-state index in [4.69, 9.17) is 60.9 Å². The molecule has 0 atom stereocenters. The predicted octanol–water partition coefficient (Wildman–Crippen LogP) is -4.48. The maximum atomic E-state index is 9.60. The zero-order chi connectivity index (χ0) is 25.8. The average molecular weight is 477 g/mol. The summed E-state index contributed by atoms with van der Waals surface area (Å²) in [6, 6.07) is 0. The SMILES string of the molecule is C=C(C)C(=O)O.OCC(CO)(CO)CO.OCC(CO)(CO)COCC(CO)(CO)CO. The Balaban J connectivity index is -0.000000466. The summed E-state index contributed by atoms with van der Waals surface area (Å²) in [7, 11) is 0. The van der Waals surface area contributed by atoms with Crippen LogP contribution in [0.2, 0.25) is 0 Å². The number of carbonyl (C=O) groups is 1. The van der Waals surface area contributed by atoms with E-state index in [2.05, 4.69) is 6.58 Å². The van der Waals surface area contributed by atoms with Gasteiger partial charge in [-0.3, -0.25) is 0 Å². The van der Waals surface area contributed by atoms with Crippen LogP contribution < -0.4 is 0 Å². The van der Waals surface area contributed by atoms with Crippen molar-refractivity contribution in [2.75, 3.05) is 79.3 Å². The number of aliphatic hydroxyl groups excluding tert-OH is 10. The first kappa shape index (κ1) is 35.4. The Kier molecular flexibility index (Phi) is 21.3. The average Bonchev–Trinajstić information content (AvgIpc) is 2.83. The van der Waals surface area contributed by atoms with E-state index in [1.54, 1.807) is 0 Å². The van der Waals surface area contributed by atoms with Gasteiger partial charge >= 0.3 is 5.97 Å². The quantitative estimate of drug-likeness (QED) is 0.0999. The molecule has 0 bridgehead atoms. The molecule has 194 valence electrons. The molecule has 0 aromatic carbocycles. The fourth-order valence-electron chi connectivity index (χ4n) is 1.36. The summed E-state index contributed by atoms with van der Waals surface area (Å²) < 4.78 is 5.15. The number of ether oxygens (including phenoxy) is 1. The molecule has 0 heterocycles. The predicted molar refractivity (Wildman–Crippen MR) is 111 cm³/mol. The van der Waals surface area contributed by atoms with Crippen molar-refractivity contribution in [3.8, 4) is 0 Å². The molecule has 0 saturated heterocycles. The molecule has 0 spiro atoms. The smallest absolute Gasteiger partial charge is 0.330 e. The molecule has 0 amide bonds. The fraction of sp³-hybridized carbons (Fsp3) is 0.842. The molecule has 0 radical (unpaired) electrons. The van der Waals surface area contributed by atoms with Crippen LogP contribution in [0.1, 0.15) is 6.92 Å². The minimum Gasteiger partial charge on any atom is -0.478 e. The Morgan fingerprint density at radius 1 is 0.594 bits per heavy atom. The minimum absolute atomic E-state index is 0.141. The summed E-state index contributed by atoms with van der Waals surface area (Å²) >= 11 is 0. The molecule has 0 aliphatic rings. The lowest BCUT2D eigenvalue weighted by atomic mass is 9.91. The summed E-state index contributed by atoms with van der Waals surface area (Å²) in [5.41, 5.74) is -3.26. The molecule has 0 aliphatic heterocycles. The van der Waals surface area contributed by atoms with Gasteiger partial charge in [0.15, 0.2) is 0 Å². The summed E-state index contributed by atoms with van der Waals surface area (Å²) in [6.45, 7) is -0.0284. The van der Waals surface area contributed by atoms with Gasteiger partial charge in [-0.1, -0.05) is 6.58 Å². The van der Waals surface area contributed by atoms with Crippen LogP contribution in [0.4, 0.5) is 0 Å². The van der Waals surface area contributed by atoms with Gasteiger partial charge in [0, 0.05) is 5.57 Å². The Morgan fingerprint density at radius 2 is 0.781 bits per heavy atom. The number of aliphatic carboxylic acids is 1. The van der Waals surface area contributed by atoms with E-state index in [0.717, 1.165) is 0 Å². The van der Waals surface area contributed by atoms with Gasteiger partial charge in [-0.2, -0.15) is 0 Å². The van der Waals surface area contributed by atoms with E-state index in [1.165, 1.54) is 6.92 Å². The van der Waals surface area contributed by atoms with Crippen molar-refractivity contribution in [1.29, 1.82) is 0 Å². The molecule has 0 aromatic rings. The maximum Gasteiger partial charge on any atom is 0.330 e. The molecule has 11 N–H and O–H groups in total. The normalized spacial score (nSPS) is 11.7. The van der Waals surface area contributed by atoms with Gasteiger partial charge in [0.25, 0.3) is 0 Å². The van der Waals surface area contributed by atoms with E-state index in [-0.39, 0.29) is 18.8 Å². The van der Waals surface area contributed by atoms with Crippen molar-refractivity contribution < 1.29 is 65.7 Å². The number of hydrogen-bond acceptors (Lipinski definition) is 12. The third-order valence-electron chi connectivity index (χ3n) is 4.54. The van der Waals surface area contributed by atoms with Crippen molar-refractivity contribution in [1.82, 2.24) is 0 Å². The Morgan fingerprint density at radius 3 is 0.875 bits per heavy atom. The highest BCUT2D eigenvalue weighted by molar-refractivity contribution is 5.84. The lowest BCUT2D eigenvalue weighted by Crippen LogP contribution is -2.43. The van der Waals surface area contributed by atoms with Crippen LogP contribution in [0, 0.1) is 16.2 Å². The summed E-state index contributed by atoms with van der Waals surface area (Å²) in [4.78, 5) is 9.60. The van der Waals surface area contributed by atoms with Gasteiger partial charge in [0.2, 0.25) is 0 Å². The summed E-state index contributed by atoms with van der Waals surface area (Å²) in [5.74, 6) is -0.935. The molecule has 0 unspecified atom stereocenters. The Labute approximate surface area is 187 Å². The zero-order valence-corrected chi connectivity index (χ0v) is 18.4. The Hall–Kier alpha value is -1.23. The number of hydrogen-bond donors (Lipinski definition) is 11. The van der Waals surface area contributed by atoms with Crippen LogP contribution in [-0.2, 0) is 9.53 Å². The highest BCUT2D eigenvalue weighted by Gasteiger charge is 2.32. The fourth-order valence-corrected chi connectivity index (χ4v) is 1.36. The highest BCUT2D eigenvalue weighted by Crippen LogP contribution is 2.19. The molecule has 0 aromatic heterocycles. The zero-order valence-electron chi connectivity index (χ0n) is 18.4. The van der Waals surface area contributed by atoms with Gasteiger partial charge in [-0.05, 0) is 6.92 Å². The standard InChI is InChI=1S/C10H22O7.C5H12O4.C4H6O2/c11-1-9(2-12,3-13)7-17-8-10(4-14,5-15)6-16;6-1-5(2-7,3-8)4-9;1-3(2)4(5)6/h11-16H,1-8H2;6-9H,1-4H2;1H2,2H3,(H,5,6). The van der Waals surface area contributed by atoms with Crippen molar-refractivity contribution in [3.63, 3.8) is 0 Å². The van der Waals surface area contributed by atoms with Crippen LogP contribution >= 0.6 is 0 Å². The first-order valence-corrected chi connectivity index (χ1v) is 9.51. The van der Waals surface area contributed by atoms with Crippen LogP contribution in [0.25, 0.3) is 0 Å². The second-order valence-corrected chi connectivity index (χ2v) is 7.66. The van der Waals surface area contributed by atoms with Crippen molar-refractivity contribution in [3.05, 3.63) is 12.2 Å². The topological polar surface area (TPSA) is 249 Å². The second-order valence-electron chi connectivity index (χ2n) is 7.66. The number of carboxylic acid groups (broad SMARTS) is 1. The molecule has 0 aliphatic carbocycles. The first-order chi connectivity index (χ1) is 15.0. The van der Waals surface area contributed by atoms with E-state index < -0.39 is 88.3 Å². The number of rotatable bonds is 15. The molecule has 32 heavy (non-hydrogen) atoms.